The number of piperidine rings is 1. The molecule has 1 amide bonds. The lowest BCUT2D eigenvalue weighted by Crippen LogP contribution is -2.43. The van der Waals surface area contributed by atoms with Gasteiger partial charge in [0, 0.05) is 26.7 Å². The van der Waals surface area contributed by atoms with Crippen LogP contribution in [0.1, 0.15) is 18.4 Å². The van der Waals surface area contributed by atoms with Crippen molar-refractivity contribution in [3.63, 3.8) is 0 Å². The predicted octanol–water partition coefficient (Wildman–Crippen LogP) is 1.84. The monoisotopic (exact) mass is 308 g/mol. The van der Waals surface area contributed by atoms with Crippen LogP contribution >= 0.6 is 0 Å². The summed E-state index contributed by atoms with van der Waals surface area (Å²) in [5, 5.41) is 3.08. The Morgan fingerprint density at radius 3 is 2.86 bits per heavy atom. The number of amides is 1. The lowest BCUT2D eigenvalue weighted by atomic mass is 9.90. The van der Waals surface area contributed by atoms with E-state index in [2.05, 4.69) is 5.32 Å². The maximum Gasteiger partial charge on any atom is 0.236 e. The molecule has 0 aliphatic carbocycles. The van der Waals surface area contributed by atoms with Crippen molar-refractivity contribution in [3.05, 3.63) is 35.6 Å². The van der Waals surface area contributed by atoms with Gasteiger partial charge in [-0.3, -0.25) is 4.79 Å². The van der Waals surface area contributed by atoms with Crippen molar-refractivity contribution in [3.8, 4) is 0 Å². The van der Waals surface area contributed by atoms with Gasteiger partial charge in [0.05, 0.1) is 13.2 Å². The number of halogens is 1. The van der Waals surface area contributed by atoms with Gasteiger partial charge in [0.25, 0.3) is 0 Å². The van der Waals surface area contributed by atoms with E-state index >= 15 is 0 Å². The Morgan fingerprint density at radius 2 is 2.18 bits per heavy atom. The summed E-state index contributed by atoms with van der Waals surface area (Å²) in [6.07, 6.45) is 2.87. The molecule has 4 nitrogen and oxygen atoms in total. The molecule has 1 N–H and O–H groups in total. The van der Waals surface area contributed by atoms with Crippen molar-refractivity contribution in [2.45, 2.75) is 19.3 Å². The molecule has 1 saturated heterocycles. The molecule has 1 aliphatic rings. The maximum atomic E-state index is 13.2. The fourth-order valence-electron chi connectivity index (χ4n) is 2.87. The predicted molar refractivity (Wildman–Crippen MR) is 84.2 cm³/mol. The van der Waals surface area contributed by atoms with Crippen LogP contribution in [0.15, 0.2) is 24.3 Å². The van der Waals surface area contributed by atoms with Crippen molar-refractivity contribution in [2.24, 2.45) is 5.92 Å². The van der Waals surface area contributed by atoms with Gasteiger partial charge in [0.1, 0.15) is 5.82 Å². The number of carbonyl (C=O) groups is 1. The molecule has 0 radical (unpaired) electrons. The average molecular weight is 308 g/mol. The molecule has 5 heteroatoms. The second-order valence-electron chi connectivity index (χ2n) is 5.83. The fraction of sp³-hybridized carbons (Fsp3) is 0.588. The molecule has 122 valence electrons. The number of carbonyl (C=O) groups excluding carboxylic acids is 1. The first-order valence-electron chi connectivity index (χ1n) is 7.91. The van der Waals surface area contributed by atoms with E-state index in [0.29, 0.717) is 25.6 Å². The normalized spacial score (nSPS) is 16.0. The Kier molecular flexibility index (Phi) is 6.80. The molecule has 0 aromatic heterocycles. The number of nitrogens with zero attached hydrogens (tertiary/aromatic N) is 1. The van der Waals surface area contributed by atoms with Crippen LogP contribution in [-0.2, 0) is 16.0 Å². The molecule has 1 fully saturated rings. The van der Waals surface area contributed by atoms with Crippen LogP contribution in [0.2, 0.25) is 0 Å². The molecule has 2 rings (SSSR count). The SMILES string of the molecule is COCCNCC(=O)N1CCC(Cc2cccc(F)c2)CC1. The summed E-state index contributed by atoms with van der Waals surface area (Å²) in [5.74, 6) is 0.514. The summed E-state index contributed by atoms with van der Waals surface area (Å²) < 4.78 is 18.1. The van der Waals surface area contributed by atoms with E-state index in [4.69, 9.17) is 4.74 Å². The number of hydrogen-bond donors (Lipinski definition) is 1. The zero-order valence-corrected chi connectivity index (χ0v) is 13.2. The standard InChI is InChI=1S/C17H25FN2O2/c1-22-10-7-19-13-17(21)20-8-5-14(6-9-20)11-15-3-2-4-16(18)12-15/h2-4,12,14,19H,5-11,13H2,1H3. The highest BCUT2D eigenvalue weighted by atomic mass is 19.1. The Hall–Kier alpha value is -1.46. The first-order valence-corrected chi connectivity index (χ1v) is 7.91. The van der Waals surface area contributed by atoms with Gasteiger partial charge in [0.2, 0.25) is 5.91 Å². The molecule has 0 bridgehead atoms. The van der Waals surface area contributed by atoms with E-state index < -0.39 is 0 Å². The molecule has 0 spiro atoms. The first kappa shape index (κ1) is 16.9. The second-order valence-corrected chi connectivity index (χ2v) is 5.83. The second kappa shape index (κ2) is 8.86. The van der Waals surface area contributed by atoms with Gasteiger partial charge in [-0.1, -0.05) is 12.1 Å². The van der Waals surface area contributed by atoms with Crippen LogP contribution < -0.4 is 5.32 Å². The first-order chi connectivity index (χ1) is 10.7. The third-order valence-corrected chi connectivity index (χ3v) is 4.14. The quantitative estimate of drug-likeness (QED) is 0.782. The zero-order valence-electron chi connectivity index (χ0n) is 13.2. The molecule has 1 heterocycles. The average Bonchev–Trinajstić information content (AvgIpc) is 2.52. The zero-order chi connectivity index (χ0) is 15.8. The van der Waals surface area contributed by atoms with Gasteiger partial charge in [0.15, 0.2) is 0 Å². The third kappa shape index (κ3) is 5.39. The number of benzene rings is 1. The highest BCUT2D eigenvalue weighted by Gasteiger charge is 2.22. The summed E-state index contributed by atoms with van der Waals surface area (Å²) in [4.78, 5) is 14.0. The van der Waals surface area contributed by atoms with Gasteiger partial charge in [-0.25, -0.2) is 4.39 Å². The van der Waals surface area contributed by atoms with E-state index in [9.17, 15) is 9.18 Å². The van der Waals surface area contributed by atoms with Gasteiger partial charge in [-0.05, 0) is 42.9 Å². The number of ether oxygens (including phenoxy) is 1. The third-order valence-electron chi connectivity index (χ3n) is 4.14. The van der Waals surface area contributed by atoms with E-state index in [1.165, 1.54) is 6.07 Å². The number of likely N-dealkylation sites (tertiary alicyclic amines) is 1. The molecule has 0 atom stereocenters. The Balaban J connectivity index is 1.70. The smallest absolute Gasteiger partial charge is 0.236 e. The molecule has 22 heavy (non-hydrogen) atoms. The molecule has 1 aliphatic heterocycles. The molecule has 0 unspecified atom stereocenters. The lowest BCUT2D eigenvalue weighted by Gasteiger charge is -2.32. The minimum atomic E-state index is -0.174. The summed E-state index contributed by atoms with van der Waals surface area (Å²) in [5.41, 5.74) is 1.05. The topological polar surface area (TPSA) is 41.6 Å². The van der Waals surface area contributed by atoms with Crippen LogP contribution in [0, 0.1) is 11.7 Å². The minimum absolute atomic E-state index is 0.153. The van der Waals surface area contributed by atoms with Crippen LogP contribution in [0.25, 0.3) is 0 Å². The minimum Gasteiger partial charge on any atom is -0.383 e. The Bertz CT molecular complexity index is 473. The van der Waals surface area contributed by atoms with Crippen LogP contribution in [0.5, 0.6) is 0 Å². The number of methoxy groups -OCH3 is 1. The van der Waals surface area contributed by atoms with Crippen LogP contribution in [-0.4, -0.2) is 50.7 Å². The van der Waals surface area contributed by atoms with Crippen LogP contribution in [0.3, 0.4) is 0 Å². The summed E-state index contributed by atoms with van der Waals surface area (Å²) in [6, 6.07) is 6.81. The Labute approximate surface area is 131 Å². The molecule has 1 aromatic rings. The van der Waals surface area contributed by atoms with Gasteiger partial charge in [-0.2, -0.15) is 0 Å². The number of nitrogens with one attached hydrogen (secondary N) is 1. The fourth-order valence-corrected chi connectivity index (χ4v) is 2.87. The van der Waals surface area contributed by atoms with E-state index in [1.54, 1.807) is 19.2 Å². The number of rotatable bonds is 7. The van der Waals surface area contributed by atoms with E-state index in [-0.39, 0.29) is 11.7 Å². The van der Waals surface area contributed by atoms with Crippen molar-refractivity contribution in [2.75, 3.05) is 39.9 Å². The van der Waals surface area contributed by atoms with Gasteiger partial charge >= 0.3 is 0 Å². The summed E-state index contributed by atoms with van der Waals surface area (Å²) in [7, 11) is 1.65. The van der Waals surface area contributed by atoms with Crippen LogP contribution in [0.4, 0.5) is 4.39 Å². The van der Waals surface area contributed by atoms with Crippen molar-refractivity contribution in [1.82, 2.24) is 10.2 Å². The van der Waals surface area contributed by atoms with Crippen molar-refractivity contribution < 1.29 is 13.9 Å². The molecule has 0 saturated carbocycles. The lowest BCUT2D eigenvalue weighted by molar-refractivity contribution is -0.131. The number of hydrogen-bond acceptors (Lipinski definition) is 3. The highest BCUT2D eigenvalue weighted by Crippen LogP contribution is 2.22. The van der Waals surface area contributed by atoms with E-state index in [1.807, 2.05) is 11.0 Å². The summed E-state index contributed by atoms with van der Waals surface area (Å²) in [6.45, 7) is 3.27. The van der Waals surface area contributed by atoms with Gasteiger partial charge < -0.3 is 15.0 Å². The maximum absolute atomic E-state index is 13.2. The Morgan fingerprint density at radius 1 is 1.41 bits per heavy atom. The largest absolute Gasteiger partial charge is 0.383 e. The van der Waals surface area contributed by atoms with Crippen molar-refractivity contribution >= 4 is 5.91 Å². The highest BCUT2D eigenvalue weighted by molar-refractivity contribution is 5.78. The molecular formula is C17H25FN2O2. The van der Waals surface area contributed by atoms with E-state index in [0.717, 1.165) is 37.9 Å². The molecular weight excluding hydrogens is 283 g/mol. The summed E-state index contributed by atoms with van der Waals surface area (Å²) >= 11 is 0. The van der Waals surface area contributed by atoms with Crippen molar-refractivity contribution in [1.29, 1.82) is 0 Å². The molecule has 1 aromatic carbocycles. The van der Waals surface area contributed by atoms with Gasteiger partial charge in [-0.15, -0.1) is 0 Å².